The predicted octanol–water partition coefficient (Wildman–Crippen LogP) is 2.28. The molecule has 18 heavy (non-hydrogen) atoms. The highest BCUT2D eigenvalue weighted by Gasteiger charge is 2.31. The lowest BCUT2D eigenvalue weighted by atomic mass is 10.3. The molecule has 0 radical (unpaired) electrons. The molecule has 0 amide bonds. The van der Waals surface area contributed by atoms with Crippen molar-refractivity contribution >= 4 is 11.6 Å². The lowest BCUT2D eigenvalue weighted by molar-refractivity contribution is -0.274. The zero-order valence-electron chi connectivity index (χ0n) is 9.17. The summed E-state index contributed by atoms with van der Waals surface area (Å²) in [6.07, 6.45) is -4.76. The third kappa shape index (κ3) is 5.37. The smallest absolute Gasteiger partial charge is 0.406 e. The fourth-order valence-corrected chi connectivity index (χ4v) is 1.12. The second-order valence-electron chi connectivity index (χ2n) is 3.16. The van der Waals surface area contributed by atoms with Crippen molar-refractivity contribution in [3.8, 4) is 5.75 Å². The zero-order valence-corrected chi connectivity index (χ0v) is 9.17. The van der Waals surface area contributed by atoms with E-state index in [1.807, 2.05) is 0 Å². The van der Waals surface area contributed by atoms with Crippen LogP contribution in [0.4, 0.5) is 23.2 Å². The molecule has 0 unspecified atom stereocenters. The second-order valence-corrected chi connectivity index (χ2v) is 3.16. The number of guanidine groups is 1. The Kier molecular flexibility index (Phi) is 4.75. The number of anilines is 1. The highest BCUT2D eigenvalue weighted by Crippen LogP contribution is 2.24. The van der Waals surface area contributed by atoms with Crippen LogP contribution in [0, 0.1) is 0 Å². The van der Waals surface area contributed by atoms with Crippen molar-refractivity contribution in [1.82, 2.24) is 0 Å². The number of nitrogens with two attached hydrogens (primary N) is 1. The van der Waals surface area contributed by atoms with E-state index in [1.54, 1.807) is 0 Å². The Morgan fingerprint density at radius 1 is 1.39 bits per heavy atom. The third-order valence-corrected chi connectivity index (χ3v) is 1.71. The number of aliphatic imine (C=N–C) groups is 1. The number of hydrogen-bond acceptors (Lipinski definition) is 2. The Morgan fingerprint density at radius 2 is 2.11 bits per heavy atom. The third-order valence-electron chi connectivity index (χ3n) is 1.71. The van der Waals surface area contributed by atoms with E-state index in [1.165, 1.54) is 12.1 Å². The van der Waals surface area contributed by atoms with Gasteiger partial charge in [0.1, 0.15) is 12.4 Å². The Morgan fingerprint density at radius 3 is 2.72 bits per heavy atom. The van der Waals surface area contributed by atoms with E-state index < -0.39 is 13.0 Å². The lowest BCUT2D eigenvalue weighted by Crippen LogP contribution is -2.23. The van der Waals surface area contributed by atoms with Crippen LogP contribution < -0.4 is 15.8 Å². The fraction of sp³-hybridized carbons (Fsp3) is 0.300. The molecule has 4 nitrogen and oxygen atoms in total. The number of alkyl halides is 4. The minimum atomic E-state index is -4.76. The summed E-state index contributed by atoms with van der Waals surface area (Å²) in [7, 11) is 0. The van der Waals surface area contributed by atoms with Crippen LogP contribution in [0.25, 0.3) is 0 Å². The van der Waals surface area contributed by atoms with Crippen LogP contribution in [0.2, 0.25) is 0 Å². The standard InChI is InChI=1S/C10H11F4N3O/c11-4-5-16-9(15)17-7-2-1-3-8(6-7)18-10(12,13)14/h1-3,6H,4-5H2,(H3,15,16,17). The number of benzene rings is 1. The maximum Gasteiger partial charge on any atom is 0.573 e. The van der Waals surface area contributed by atoms with E-state index in [9.17, 15) is 17.6 Å². The van der Waals surface area contributed by atoms with Gasteiger partial charge < -0.3 is 15.8 Å². The minimum absolute atomic E-state index is 0.0863. The van der Waals surface area contributed by atoms with Gasteiger partial charge in [-0.3, -0.25) is 4.99 Å². The summed E-state index contributed by atoms with van der Waals surface area (Å²) in [5.41, 5.74) is 5.64. The molecule has 0 spiro atoms. The van der Waals surface area contributed by atoms with Gasteiger partial charge in [0.15, 0.2) is 5.96 Å². The molecule has 0 aliphatic carbocycles. The SMILES string of the molecule is NC(=NCCF)Nc1cccc(OC(F)(F)F)c1. The molecule has 0 saturated heterocycles. The number of nitrogens with one attached hydrogen (secondary N) is 1. The van der Waals surface area contributed by atoms with Crippen molar-refractivity contribution in [3.05, 3.63) is 24.3 Å². The first-order valence-electron chi connectivity index (χ1n) is 4.89. The lowest BCUT2D eigenvalue weighted by Gasteiger charge is -2.10. The van der Waals surface area contributed by atoms with Crippen molar-refractivity contribution in [1.29, 1.82) is 0 Å². The molecule has 3 N–H and O–H groups in total. The molecule has 0 saturated carbocycles. The quantitative estimate of drug-likeness (QED) is 0.499. The van der Waals surface area contributed by atoms with Gasteiger partial charge in [-0.25, -0.2) is 4.39 Å². The molecule has 0 aromatic heterocycles. The van der Waals surface area contributed by atoms with Crippen LogP contribution in [0.5, 0.6) is 5.75 Å². The highest BCUT2D eigenvalue weighted by molar-refractivity contribution is 5.92. The maximum absolute atomic E-state index is 12.0. The Hall–Kier alpha value is -1.99. The Balaban J connectivity index is 2.70. The molecule has 1 aromatic rings. The summed E-state index contributed by atoms with van der Waals surface area (Å²) in [5, 5.41) is 2.52. The fourth-order valence-electron chi connectivity index (χ4n) is 1.12. The van der Waals surface area contributed by atoms with Gasteiger partial charge in [0.05, 0.1) is 6.54 Å². The van der Waals surface area contributed by atoms with Crippen LogP contribution in [0.3, 0.4) is 0 Å². The minimum Gasteiger partial charge on any atom is -0.406 e. The summed E-state index contributed by atoms with van der Waals surface area (Å²) < 4.78 is 51.4. The molecule has 0 aliphatic heterocycles. The monoisotopic (exact) mass is 265 g/mol. The molecule has 1 rings (SSSR count). The molecule has 0 bridgehead atoms. The molecular weight excluding hydrogens is 254 g/mol. The predicted molar refractivity (Wildman–Crippen MR) is 59.2 cm³/mol. The van der Waals surface area contributed by atoms with E-state index in [0.29, 0.717) is 0 Å². The summed E-state index contributed by atoms with van der Waals surface area (Å²) in [4.78, 5) is 3.59. The van der Waals surface area contributed by atoms with Gasteiger partial charge in [-0.05, 0) is 12.1 Å². The summed E-state index contributed by atoms with van der Waals surface area (Å²) in [5.74, 6) is -0.470. The van der Waals surface area contributed by atoms with Crippen molar-refractivity contribution in [2.24, 2.45) is 10.7 Å². The molecule has 0 aliphatic rings. The van der Waals surface area contributed by atoms with E-state index in [-0.39, 0.29) is 23.9 Å². The van der Waals surface area contributed by atoms with Gasteiger partial charge in [0.25, 0.3) is 0 Å². The van der Waals surface area contributed by atoms with Gasteiger partial charge in [0.2, 0.25) is 0 Å². The van der Waals surface area contributed by atoms with Crippen LogP contribution in [0.1, 0.15) is 0 Å². The first-order valence-corrected chi connectivity index (χ1v) is 4.89. The van der Waals surface area contributed by atoms with Crippen LogP contribution in [-0.2, 0) is 0 Å². The van der Waals surface area contributed by atoms with Gasteiger partial charge in [-0.2, -0.15) is 0 Å². The van der Waals surface area contributed by atoms with E-state index in [0.717, 1.165) is 12.1 Å². The Labute approximate surface area is 100 Å². The van der Waals surface area contributed by atoms with Crippen molar-refractivity contribution in [2.45, 2.75) is 6.36 Å². The van der Waals surface area contributed by atoms with Crippen LogP contribution >= 0.6 is 0 Å². The first kappa shape index (κ1) is 14.1. The average molecular weight is 265 g/mol. The zero-order chi connectivity index (χ0) is 13.6. The topological polar surface area (TPSA) is 59.6 Å². The maximum atomic E-state index is 12.0. The molecular formula is C10H11F4N3O. The van der Waals surface area contributed by atoms with E-state index >= 15 is 0 Å². The van der Waals surface area contributed by atoms with Gasteiger partial charge in [-0.15, -0.1) is 13.2 Å². The summed E-state index contributed by atoms with van der Waals surface area (Å²) in [6.45, 7) is -0.781. The largest absolute Gasteiger partial charge is 0.573 e. The first-order chi connectivity index (χ1) is 8.40. The van der Waals surface area contributed by atoms with E-state index in [2.05, 4.69) is 15.0 Å². The number of halogens is 4. The average Bonchev–Trinajstić information content (AvgIpc) is 2.24. The molecule has 100 valence electrons. The number of ether oxygens (including phenoxy) is 1. The molecule has 8 heteroatoms. The van der Waals surface area contributed by atoms with Gasteiger partial charge in [0, 0.05) is 11.8 Å². The second kappa shape index (κ2) is 6.08. The molecule has 0 atom stereocenters. The Bertz CT molecular complexity index is 420. The van der Waals surface area contributed by atoms with Crippen molar-refractivity contribution < 1.29 is 22.3 Å². The van der Waals surface area contributed by atoms with Crippen LogP contribution in [-0.4, -0.2) is 25.5 Å². The summed E-state index contributed by atoms with van der Waals surface area (Å²) in [6, 6.07) is 5.08. The van der Waals surface area contributed by atoms with E-state index in [4.69, 9.17) is 5.73 Å². The van der Waals surface area contributed by atoms with Crippen molar-refractivity contribution in [3.63, 3.8) is 0 Å². The number of rotatable bonds is 4. The number of hydrogen-bond donors (Lipinski definition) is 2. The van der Waals surface area contributed by atoms with Gasteiger partial charge in [-0.1, -0.05) is 6.07 Å². The molecule has 0 fully saturated rings. The molecule has 1 aromatic carbocycles. The number of nitrogens with zero attached hydrogens (tertiary/aromatic N) is 1. The molecule has 0 heterocycles. The van der Waals surface area contributed by atoms with Crippen LogP contribution in [0.15, 0.2) is 29.3 Å². The van der Waals surface area contributed by atoms with Crippen molar-refractivity contribution in [2.75, 3.05) is 18.5 Å². The van der Waals surface area contributed by atoms with Gasteiger partial charge >= 0.3 is 6.36 Å². The normalized spacial score (nSPS) is 12.3. The highest BCUT2D eigenvalue weighted by atomic mass is 19.4. The summed E-state index contributed by atoms with van der Waals surface area (Å²) >= 11 is 0.